The molecule has 7 heteroatoms. The second kappa shape index (κ2) is 7.09. The zero-order valence-electron chi connectivity index (χ0n) is 8.14. The van der Waals surface area contributed by atoms with Crippen molar-refractivity contribution in [2.24, 2.45) is 0 Å². The van der Waals surface area contributed by atoms with E-state index in [1.807, 2.05) is 0 Å². The SMILES string of the molecule is CC(=O)N[C@H](CSC(C#N)CO)C(=O)O. The molecule has 1 unspecified atom stereocenters. The van der Waals surface area contributed by atoms with Crippen LogP contribution in [0.25, 0.3) is 0 Å². The van der Waals surface area contributed by atoms with Gasteiger partial charge in [0.05, 0.1) is 12.7 Å². The third-order valence-electron chi connectivity index (χ3n) is 1.45. The van der Waals surface area contributed by atoms with Crippen molar-refractivity contribution < 1.29 is 19.8 Å². The van der Waals surface area contributed by atoms with Crippen LogP contribution in [0, 0.1) is 11.3 Å². The second-order valence-electron chi connectivity index (χ2n) is 2.72. The number of carboxylic acid groups (broad SMARTS) is 1. The van der Waals surface area contributed by atoms with Gasteiger partial charge in [0.2, 0.25) is 5.91 Å². The number of thioether (sulfide) groups is 1. The predicted molar refractivity (Wildman–Crippen MR) is 54.2 cm³/mol. The van der Waals surface area contributed by atoms with Crippen molar-refractivity contribution in [3.05, 3.63) is 0 Å². The van der Waals surface area contributed by atoms with Gasteiger partial charge in [-0.25, -0.2) is 4.79 Å². The Hall–Kier alpha value is -1.26. The zero-order chi connectivity index (χ0) is 11.8. The van der Waals surface area contributed by atoms with Gasteiger partial charge in [0.15, 0.2) is 0 Å². The monoisotopic (exact) mass is 232 g/mol. The van der Waals surface area contributed by atoms with E-state index in [4.69, 9.17) is 15.5 Å². The van der Waals surface area contributed by atoms with Crippen molar-refractivity contribution in [3.8, 4) is 6.07 Å². The zero-order valence-corrected chi connectivity index (χ0v) is 8.95. The molecule has 0 radical (unpaired) electrons. The molecule has 0 spiro atoms. The highest BCUT2D eigenvalue weighted by atomic mass is 32.2. The molecule has 0 saturated carbocycles. The number of aliphatic carboxylic acids is 1. The van der Waals surface area contributed by atoms with Crippen molar-refractivity contribution in [3.63, 3.8) is 0 Å². The third-order valence-corrected chi connectivity index (χ3v) is 2.63. The fourth-order valence-electron chi connectivity index (χ4n) is 0.763. The highest BCUT2D eigenvalue weighted by Crippen LogP contribution is 2.11. The normalized spacial score (nSPS) is 13.7. The Morgan fingerprint density at radius 1 is 1.60 bits per heavy atom. The lowest BCUT2D eigenvalue weighted by atomic mass is 10.3. The van der Waals surface area contributed by atoms with Gasteiger partial charge in [-0.05, 0) is 0 Å². The van der Waals surface area contributed by atoms with E-state index >= 15 is 0 Å². The maximum Gasteiger partial charge on any atom is 0.327 e. The fourth-order valence-corrected chi connectivity index (χ4v) is 1.59. The van der Waals surface area contributed by atoms with E-state index in [2.05, 4.69) is 5.32 Å². The number of hydrogen-bond acceptors (Lipinski definition) is 5. The Morgan fingerprint density at radius 2 is 2.20 bits per heavy atom. The number of aliphatic hydroxyl groups is 1. The average molecular weight is 232 g/mol. The second-order valence-corrected chi connectivity index (χ2v) is 3.96. The first-order valence-electron chi connectivity index (χ1n) is 4.13. The minimum absolute atomic E-state index is 0.0493. The van der Waals surface area contributed by atoms with Crippen LogP contribution in [0.2, 0.25) is 0 Å². The van der Waals surface area contributed by atoms with Crippen LogP contribution in [0.4, 0.5) is 0 Å². The van der Waals surface area contributed by atoms with Gasteiger partial charge in [-0.3, -0.25) is 4.79 Å². The standard InChI is InChI=1S/C8H12N2O4S/c1-5(12)10-7(8(13)14)4-15-6(2-9)3-11/h6-7,11H,3-4H2,1H3,(H,10,12)(H,13,14)/t6?,7-/m1/s1. The van der Waals surface area contributed by atoms with Crippen LogP contribution < -0.4 is 5.32 Å². The lowest BCUT2D eigenvalue weighted by Gasteiger charge is -2.13. The molecule has 0 aliphatic carbocycles. The molecule has 0 aromatic heterocycles. The van der Waals surface area contributed by atoms with E-state index in [1.54, 1.807) is 6.07 Å². The molecule has 3 N–H and O–H groups in total. The molecule has 0 fully saturated rings. The minimum Gasteiger partial charge on any atom is -0.480 e. The van der Waals surface area contributed by atoms with E-state index in [1.165, 1.54) is 6.92 Å². The summed E-state index contributed by atoms with van der Waals surface area (Å²) in [6, 6.07) is 0.774. The third kappa shape index (κ3) is 5.93. The van der Waals surface area contributed by atoms with Crippen LogP contribution in [0.5, 0.6) is 0 Å². The molecule has 0 bridgehead atoms. The molecular formula is C8H12N2O4S. The Labute approximate surface area is 91.3 Å². The van der Waals surface area contributed by atoms with Gasteiger partial charge in [0.25, 0.3) is 0 Å². The number of amides is 1. The fraction of sp³-hybridized carbons (Fsp3) is 0.625. The number of carbonyl (C=O) groups is 2. The minimum atomic E-state index is -1.16. The molecule has 0 aromatic rings. The number of nitrogens with one attached hydrogen (secondary N) is 1. The molecular weight excluding hydrogens is 220 g/mol. The number of hydrogen-bond donors (Lipinski definition) is 3. The number of carboxylic acids is 1. The smallest absolute Gasteiger partial charge is 0.327 e. The van der Waals surface area contributed by atoms with Crippen LogP contribution in [0.15, 0.2) is 0 Å². The molecule has 84 valence electrons. The van der Waals surface area contributed by atoms with Crippen molar-refractivity contribution in [2.45, 2.75) is 18.2 Å². The van der Waals surface area contributed by atoms with Crippen molar-refractivity contribution in [1.29, 1.82) is 5.26 Å². The van der Waals surface area contributed by atoms with E-state index in [0.717, 1.165) is 11.8 Å². The largest absolute Gasteiger partial charge is 0.480 e. The summed E-state index contributed by atoms with van der Waals surface area (Å²) in [5.74, 6) is -1.55. The highest BCUT2D eigenvalue weighted by Gasteiger charge is 2.20. The van der Waals surface area contributed by atoms with Crippen LogP contribution in [0.1, 0.15) is 6.92 Å². The van der Waals surface area contributed by atoms with Gasteiger partial charge in [-0.1, -0.05) is 0 Å². The van der Waals surface area contributed by atoms with Crippen molar-refractivity contribution in [1.82, 2.24) is 5.32 Å². The topological polar surface area (TPSA) is 110 Å². The van der Waals surface area contributed by atoms with Gasteiger partial charge in [0.1, 0.15) is 11.3 Å². The Kier molecular flexibility index (Phi) is 6.49. The van der Waals surface area contributed by atoms with Gasteiger partial charge < -0.3 is 15.5 Å². The van der Waals surface area contributed by atoms with E-state index < -0.39 is 23.2 Å². The number of nitrogens with zero attached hydrogens (tertiary/aromatic N) is 1. The maximum absolute atomic E-state index is 10.7. The first-order chi connectivity index (χ1) is 7.01. The molecule has 0 aromatic carbocycles. The Bertz CT molecular complexity index is 276. The van der Waals surface area contributed by atoms with Crippen molar-refractivity contribution >= 4 is 23.6 Å². The molecule has 1 amide bonds. The molecule has 15 heavy (non-hydrogen) atoms. The summed E-state index contributed by atoms with van der Waals surface area (Å²) in [5.41, 5.74) is 0. The Balaban J connectivity index is 4.13. The van der Waals surface area contributed by atoms with E-state index in [9.17, 15) is 9.59 Å². The quantitative estimate of drug-likeness (QED) is 0.552. The molecule has 0 aliphatic heterocycles. The van der Waals surface area contributed by atoms with E-state index in [0.29, 0.717) is 0 Å². The van der Waals surface area contributed by atoms with E-state index in [-0.39, 0.29) is 12.4 Å². The van der Waals surface area contributed by atoms with Gasteiger partial charge in [-0.15, -0.1) is 11.8 Å². The van der Waals surface area contributed by atoms with Gasteiger partial charge >= 0.3 is 5.97 Å². The average Bonchev–Trinajstić information content (AvgIpc) is 2.16. The first kappa shape index (κ1) is 13.7. The highest BCUT2D eigenvalue weighted by molar-refractivity contribution is 8.00. The summed E-state index contributed by atoms with van der Waals surface area (Å²) in [6.07, 6.45) is 0. The molecule has 0 heterocycles. The van der Waals surface area contributed by atoms with Crippen LogP contribution in [0.3, 0.4) is 0 Å². The van der Waals surface area contributed by atoms with Crippen LogP contribution in [-0.2, 0) is 9.59 Å². The summed E-state index contributed by atoms with van der Waals surface area (Å²) in [5, 5.41) is 27.4. The predicted octanol–water partition coefficient (Wildman–Crippen LogP) is -0.807. The number of carbonyl (C=O) groups excluding carboxylic acids is 1. The maximum atomic E-state index is 10.7. The van der Waals surface area contributed by atoms with Crippen LogP contribution >= 0.6 is 11.8 Å². The summed E-state index contributed by atoms with van der Waals surface area (Å²) < 4.78 is 0. The summed E-state index contributed by atoms with van der Waals surface area (Å²) in [7, 11) is 0. The van der Waals surface area contributed by atoms with Gasteiger partial charge in [0, 0.05) is 12.7 Å². The summed E-state index contributed by atoms with van der Waals surface area (Å²) in [4.78, 5) is 21.3. The molecule has 0 saturated heterocycles. The van der Waals surface area contributed by atoms with Crippen molar-refractivity contribution in [2.75, 3.05) is 12.4 Å². The lowest BCUT2D eigenvalue weighted by Crippen LogP contribution is -2.41. The molecule has 0 aliphatic rings. The molecule has 2 atom stereocenters. The summed E-state index contributed by atoms with van der Waals surface area (Å²) >= 11 is 0.993. The number of nitriles is 1. The number of rotatable bonds is 6. The first-order valence-corrected chi connectivity index (χ1v) is 5.18. The number of aliphatic hydroxyl groups excluding tert-OH is 1. The Morgan fingerprint density at radius 3 is 2.53 bits per heavy atom. The summed E-state index contributed by atoms with van der Waals surface area (Å²) in [6.45, 7) is 0.877. The molecule has 0 rings (SSSR count). The van der Waals surface area contributed by atoms with Gasteiger partial charge in [-0.2, -0.15) is 5.26 Å². The lowest BCUT2D eigenvalue weighted by molar-refractivity contribution is -0.140. The van der Waals surface area contributed by atoms with Crippen LogP contribution in [-0.4, -0.2) is 45.7 Å². The molecule has 6 nitrogen and oxygen atoms in total.